The third kappa shape index (κ3) is 6.93. The van der Waals surface area contributed by atoms with E-state index in [1.807, 2.05) is 48.5 Å². The summed E-state index contributed by atoms with van der Waals surface area (Å²) in [5.74, 6) is -0.695. The number of benzene rings is 2. The maximum absolute atomic E-state index is 10.7. The molecule has 0 aromatic heterocycles. The van der Waals surface area contributed by atoms with Crippen LogP contribution in [0.3, 0.4) is 0 Å². The number of carbonyl (C=O) groups is 1. The first-order chi connectivity index (χ1) is 15.5. The van der Waals surface area contributed by atoms with E-state index in [4.69, 9.17) is 16.7 Å². The minimum Gasteiger partial charge on any atom is -0.481 e. The number of rotatable bonds is 11. The minimum absolute atomic E-state index is 0.0447. The van der Waals surface area contributed by atoms with Gasteiger partial charge in [0.15, 0.2) is 0 Å². The first kappa shape index (κ1) is 24.5. The van der Waals surface area contributed by atoms with Gasteiger partial charge in [0.25, 0.3) is 0 Å². The second kappa shape index (κ2) is 12.2. The number of aliphatic hydroxyl groups excluding tert-OH is 2. The smallest absolute Gasteiger partial charge is 0.303 e. The van der Waals surface area contributed by atoms with Crippen LogP contribution in [0.4, 0.5) is 0 Å². The van der Waals surface area contributed by atoms with Crippen LogP contribution in [0.15, 0.2) is 66.7 Å². The Morgan fingerprint density at radius 1 is 1.09 bits per heavy atom. The lowest BCUT2D eigenvalue weighted by Gasteiger charge is -2.23. The van der Waals surface area contributed by atoms with E-state index >= 15 is 0 Å². The van der Waals surface area contributed by atoms with E-state index in [9.17, 15) is 15.0 Å². The van der Waals surface area contributed by atoms with Crippen molar-refractivity contribution in [3.63, 3.8) is 0 Å². The van der Waals surface area contributed by atoms with Crippen molar-refractivity contribution in [1.82, 2.24) is 0 Å². The normalized spacial score (nSPS) is 24.1. The van der Waals surface area contributed by atoms with Crippen LogP contribution in [0.5, 0.6) is 0 Å². The van der Waals surface area contributed by atoms with Crippen LogP contribution < -0.4 is 0 Å². The molecule has 2 aromatic rings. The number of alkyl halides is 1. The molecule has 0 heterocycles. The van der Waals surface area contributed by atoms with Crippen molar-refractivity contribution in [2.45, 2.75) is 68.4 Å². The van der Waals surface area contributed by atoms with E-state index < -0.39 is 18.2 Å². The Morgan fingerprint density at radius 2 is 1.81 bits per heavy atom. The summed E-state index contributed by atoms with van der Waals surface area (Å²) in [5, 5.41) is 29.9. The molecule has 5 heteroatoms. The highest BCUT2D eigenvalue weighted by molar-refractivity contribution is 6.21. The summed E-state index contributed by atoms with van der Waals surface area (Å²) in [6, 6.07) is 18.1. The number of aliphatic carboxylic acids is 1. The van der Waals surface area contributed by atoms with Gasteiger partial charge in [-0.3, -0.25) is 4.79 Å². The maximum Gasteiger partial charge on any atom is 0.303 e. The minimum atomic E-state index is -0.771. The Hall–Kier alpha value is -2.14. The van der Waals surface area contributed by atoms with Gasteiger partial charge in [-0.15, -0.1) is 11.6 Å². The van der Waals surface area contributed by atoms with Gasteiger partial charge >= 0.3 is 5.97 Å². The molecule has 0 radical (unpaired) electrons. The van der Waals surface area contributed by atoms with E-state index in [0.717, 1.165) is 30.4 Å². The fourth-order valence-corrected chi connectivity index (χ4v) is 5.07. The lowest BCUT2D eigenvalue weighted by atomic mass is 9.84. The summed E-state index contributed by atoms with van der Waals surface area (Å²) in [6.45, 7) is 0. The number of hydrogen-bond acceptors (Lipinski definition) is 3. The summed E-state index contributed by atoms with van der Waals surface area (Å²) in [4.78, 5) is 10.6. The predicted octanol–water partition coefficient (Wildman–Crippen LogP) is 5.63. The molecule has 0 spiro atoms. The monoisotopic (exact) mass is 456 g/mol. The van der Waals surface area contributed by atoms with Gasteiger partial charge in [-0.25, -0.2) is 0 Å². The maximum atomic E-state index is 10.7. The average molecular weight is 457 g/mol. The number of aliphatic hydroxyl groups is 2. The lowest BCUT2D eigenvalue weighted by molar-refractivity contribution is -0.137. The average Bonchev–Trinajstić information content (AvgIpc) is 3.07. The third-order valence-electron chi connectivity index (χ3n) is 6.40. The molecule has 0 aliphatic heterocycles. The highest BCUT2D eigenvalue weighted by Gasteiger charge is 2.41. The summed E-state index contributed by atoms with van der Waals surface area (Å²) in [7, 11) is 0. The number of hydrogen-bond donors (Lipinski definition) is 3. The van der Waals surface area contributed by atoms with Crippen molar-refractivity contribution >= 4 is 17.6 Å². The van der Waals surface area contributed by atoms with Crippen molar-refractivity contribution in [2.24, 2.45) is 5.92 Å². The summed E-state index contributed by atoms with van der Waals surface area (Å²) in [5.41, 5.74) is 3.14. The standard InChI is InChI=1S/C27H33ClO4/c28-23-18-25(30)27(22(23)10-6-1-2-7-11-26(31)32)21-15-13-20(14-16-21)24(29)17-12-19-8-4-3-5-9-19/h1,3-6,8-9,13-16,22-25,27,29-30H,2,7,10-12,17-18H2,(H,31,32)/b6-1-/t22-,23+,24?,25+,27+/m0/s1. The van der Waals surface area contributed by atoms with Crippen LogP contribution in [0.2, 0.25) is 0 Å². The van der Waals surface area contributed by atoms with E-state index in [1.54, 1.807) is 0 Å². The second-order valence-corrected chi connectivity index (χ2v) is 9.27. The Kier molecular flexibility index (Phi) is 9.34. The molecule has 32 heavy (non-hydrogen) atoms. The zero-order valence-electron chi connectivity index (χ0n) is 18.3. The fourth-order valence-electron chi connectivity index (χ4n) is 4.62. The SMILES string of the molecule is O=C(O)CCC/C=C\C[C@@H]1[C@@H](c2ccc(C(O)CCc3ccccc3)cc2)[C@H](O)C[C@H]1Cl. The molecule has 5 atom stereocenters. The highest BCUT2D eigenvalue weighted by Crippen LogP contribution is 2.45. The summed E-state index contributed by atoms with van der Waals surface area (Å²) >= 11 is 6.57. The Bertz CT molecular complexity index is 865. The third-order valence-corrected chi connectivity index (χ3v) is 6.90. The molecule has 3 N–H and O–H groups in total. The number of aryl methyl sites for hydroxylation is 1. The van der Waals surface area contributed by atoms with Crippen LogP contribution in [0, 0.1) is 5.92 Å². The molecule has 0 amide bonds. The molecule has 1 unspecified atom stereocenters. The Balaban J connectivity index is 1.58. The van der Waals surface area contributed by atoms with Crippen molar-refractivity contribution in [2.75, 3.05) is 0 Å². The topological polar surface area (TPSA) is 77.8 Å². The first-order valence-corrected chi connectivity index (χ1v) is 11.9. The van der Waals surface area contributed by atoms with Gasteiger partial charge in [-0.2, -0.15) is 0 Å². The zero-order chi connectivity index (χ0) is 22.9. The molecule has 0 bridgehead atoms. The number of carboxylic acid groups (broad SMARTS) is 1. The van der Waals surface area contributed by atoms with Gasteiger partial charge in [0, 0.05) is 17.7 Å². The van der Waals surface area contributed by atoms with E-state index in [1.165, 1.54) is 5.56 Å². The van der Waals surface area contributed by atoms with E-state index in [2.05, 4.69) is 18.2 Å². The lowest BCUT2D eigenvalue weighted by Crippen LogP contribution is -2.18. The van der Waals surface area contributed by atoms with Crippen LogP contribution in [-0.4, -0.2) is 32.8 Å². The summed E-state index contributed by atoms with van der Waals surface area (Å²) < 4.78 is 0. The number of carboxylic acids is 1. The van der Waals surface area contributed by atoms with Crippen LogP contribution >= 0.6 is 11.6 Å². The van der Waals surface area contributed by atoms with Gasteiger partial charge in [-0.05, 0) is 61.1 Å². The van der Waals surface area contributed by atoms with Gasteiger partial charge in [0.1, 0.15) is 0 Å². The van der Waals surface area contributed by atoms with Gasteiger partial charge in [0.2, 0.25) is 0 Å². The molecule has 0 saturated heterocycles. The zero-order valence-corrected chi connectivity index (χ0v) is 19.1. The van der Waals surface area contributed by atoms with Crippen LogP contribution in [0.1, 0.15) is 67.2 Å². The number of allylic oxidation sites excluding steroid dienone is 2. The largest absolute Gasteiger partial charge is 0.481 e. The molecular weight excluding hydrogens is 424 g/mol. The van der Waals surface area contributed by atoms with E-state index in [-0.39, 0.29) is 23.6 Å². The van der Waals surface area contributed by atoms with Crippen LogP contribution in [-0.2, 0) is 11.2 Å². The van der Waals surface area contributed by atoms with Crippen molar-refractivity contribution < 1.29 is 20.1 Å². The van der Waals surface area contributed by atoms with Gasteiger partial charge in [-0.1, -0.05) is 66.7 Å². The molecule has 4 nitrogen and oxygen atoms in total. The first-order valence-electron chi connectivity index (χ1n) is 11.5. The van der Waals surface area contributed by atoms with Crippen molar-refractivity contribution in [3.8, 4) is 0 Å². The van der Waals surface area contributed by atoms with Crippen LogP contribution in [0.25, 0.3) is 0 Å². The highest BCUT2D eigenvalue weighted by atomic mass is 35.5. The molecule has 172 valence electrons. The molecule has 1 aliphatic rings. The number of unbranched alkanes of at least 4 members (excludes halogenated alkanes) is 1. The van der Waals surface area contributed by atoms with Gasteiger partial charge < -0.3 is 15.3 Å². The Labute approximate surface area is 195 Å². The predicted molar refractivity (Wildman–Crippen MR) is 128 cm³/mol. The molecule has 1 aliphatic carbocycles. The quantitative estimate of drug-likeness (QED) is 0.233. The Morgan fingerprint density at radius 3 is 2.50 bits per heavy atom. The second-order valence-electron chi connectivity index (χ2n) is 8.71. The molecule has 1 fully saturated rings. The summed E-state index contributed by atoms with van der Waals surface area (Å²) in [6.07, 6.45) is 7.39. The molecule has 2 aromatic carbocycles. The van der Waals surface area contributed by atoms with Gasteiger partial charge in [0.05, 0.1) is 12.2 Å². The van der Waals surface area contributed by atoms with Crippen molar-refractivity contribution in [1.29, 1.82) is 0 Å². The fraction of sp³-hybridized carbons (Fsp3) is 0.444. The molecule has 1 saturated carbocycles. The molecular formula is C27H33ClO4. The van der Waals surface area contributed by atoms with Crippen molar-refractivity contribution in [3.05, 3.63) is 83.4 Å². The molecule has 3 rings (SSSR count). The number of halogens is 1. The van der Waals surface area contributed by atoms with E-state index in [0.29, 0.717) is 19.3 Å².